The highest BCUT2D eigenvalue weighted by molar-refractivity contribution is 8.00. The highest BCUT2D eigenvalue weighted by Crippen LogP contribution is 2.39. The number of nitrogens with zero attached hydrogens (tertiary/aromatic N) is 1. The zero-order valence-corrected chi connectivity index (χ0v) is 17.5. The Balaban J connectivity index is 1.48. The predicted octanol–water partition coefficient (Wildman–Crippen LogP) is 5.03. The Kier molecular flexibility index (Phi) is 5.97. The number of rotatable bonds is 6. The third-order valence-corrected chi connectivity index (χ3v) is 6.74. The van der Waals surface area contributed by atoms with Gasteiger partial charge in [-0.3, -0.25) is 9.59 Å². The minimum Gasteiger partial charge on any atom is -0.467 e. The molecule has 1 aliphatic rings. The van der Waals surface area contributed by atoms with Gasteiger partial charge in [-0.1, -0.05) is 24.3 Å². The topological polar surface area (TPSA) is 62.6 Å². The average molecular weight is 425 g/mol. The van der Waals surface area contributed by atoms with E-state index in [1.807, 2.05) is 59.7 Å². The fourth-order valence-electron chi connectivity index (χ4n) is 3.21. The van der Waals surface area contributed by atoms with Gasteiger partial charge < -0.3 is 14.6 Å². The van der Waals surface area contributed by atoms with Crippen LogP contribution in [0.4, 0.5) is 5.69 Å². The molecule has 1 fully saturated rings. The first-order valence-electron chi connectivity index (χ1n) is 9.13. The molecule has 148 valence electrons. The zero-order valence-electron chi connectivity index (χ0n) is 15.8. The zero-order chi connectivity index (χ0) is 20.2. The molecule has 1 aliphatic heterocycles. The molecule has 0 saturated carbocycles. The molecule has 7 heteroatoms. The van der Waals surface area contributed by atoms with Crippen molar-refractivity contribution in [3.8, 4) is 0 Å². The smallest absolute Gasteiger partial charge is 0.255 e. The molecular formula is C22H20N2O3S2. The van der Waals surface area contributed by atoms with Gasteiger partial charge >= 0.3 is 0 Å². The summed E-state index contributed by atoms with van der Waals surface area (Å²) in [6, 6.07) is 18.9. The Morgan fingerprint density at radius 1 is 1.17 bits per heavy atom. The quantitative estimate of drug-likeness (QED) is 0.563. The number of hydrogen-bond donors (Lipinski definition) is 1. The third kappa shape index (κ3) is 4.36. The molecule has 0 spiro atoms. The Hall–Kier alpha value is -2.64. The van der Waals surface area contributed by atoms with E-state index in [-0.39, 0.29) is 17.2 Å². The standard InChI is InChI=1S/C22H20N2O3S2/c1-28-19-7-3-2-6-18(19)23-21(26)15-8-10-16(11-9-15)22-24(20(25)14-29-22)13-17-5-4-12-27-17/h2-12,22H,13-14H2,1H3,(H,23,26)/t22-/m0/s1. The number of benzene rings is 2. The minimum absolute atomic E-state index is 0.0815. The van der Waals surface area contributed by atoms with Gasteiger partial charge in [0.25, 0.3) is 5.91 Å². The number of para-hydroxylation sites is 1. The van der Waals surface area contributed by atoms with E-state index in [9.17, 15) is 9.59 Å². The normalized spacial score (nSPS) is 16.2. The summed E-state index contributed by atoms with van der Waals surface area (Å²) in [4.78, 5) is 27.8. The largest absolute Gasteiger partial charge is 0.467 e. The molecule has 1 atom stereocenters. The van der Waals surface area contributed by atoms with Crippen LogP contribution in [-0.4, -0.2) is 28.7 Å². The maximum atomic E-state index is 12.6. The van der Waals surface area contributed by atoms with E-state index in [1.54, 1.807) is 41.9 Å². The van der Waals surface area contributed by atoms with Crippen LogP contribution in [0.1, 0.15) is 27.1 Å². The molecule has 2 heterocycles. The van der Waals surface area contributed by atoms with Crippen molar-refractivity contribution in [3.05, 3.63) is 83.8 Å². The lowest BCUT2D eigenvalue weighted by molar-refractivity contribution is -0.128. The number of carbonyl (C=O) groups is 2. The van der Waals surface area contributed by atoms with Crippen LogP contribution in [0.25, 0.3) is 0 Å². The summed E-state index contributed by atoms with van der Waals surface area (Å²) in [7, 11) is 0. The van der Waals surface area contributed by atoms with Crippen molar-refractivity contribution in [1.29, 1.82) is 0 Å². The second-order valence-corrected chi connectivity index (χ2v) is 8.46. The van der Waals surface area contributed by atoms with Gasteiger partial charge in [-0.15, -0.1) is 23.5 Å². The van der Waals surface area contributed by atoms with Crippen LogP contribution in [0.5, 0.6) is 0 Å². The van der Waals surface area contributed by atoms with Gasteiger partial charge in [0, 0.05) is 10.5 Å². The molecule has 2 amide bonds. The molecular weight excluding hydrogens is 404 g/mol. The third-order valence-electron chi connectivity index (χ3n) is 4.69. The van der Waals surface area contributed by atoms with E-state index in [0.717, 1.165) is 21.9 Å². The first-order valence-corrected chi connectivity index (χ1v) is 11.4. The van der Waals surface area contributed by atoms with Gasteiger partial charge in [-0.05, 0) is 48.2 Å². The lowest BCUT2D eigenvalue weighted by Gasteiger charge is -2.23. The van der Waals surface area contributed by atoms with Crippen molar-refractivity contribution < 1.29 is 14.0 Å². The average Bonchev–Trinajstić information content (AvgIpc) is 3.39. The first-order chi connectivity index (χ1) is 14.2. The molecule has 0 radical (unpaired) electrons. The molecule has 29 heavy (non-hydrogen) atoms. The Bertz CT molecular complexity index is 1000. The molecule has 4 rings (SSSR count). The van der Waals surface area contributed by atoms with E-state index in [0.29, 0.717) is 17.9 Å². The first kappa shape index (κ1) is 19.7. The van der Waals surface area contributed by atoms with Crippen LogP contribution in [0.2, 0.25) is 0 Å². The fraction of sp³-hybridized carbons (Fsp3) is 0.182. The van der Waals surface area contributed by atoms with Gasteiger partial charge in [0.1, 0.15) is 11.1 Å². The SMILES string of the molecule is CSc1ccccc1NC(=O)c1ccc([C@@H]2SCC(=O)N2Cc2ccco2)cc1. The Labute approximate surface area is 177 Å². The number of carbonyl (C=O) groups excluding carboxylic acids is 2. The maximum Gasteiger partial charge on any atom is 0.255 e. The molecule has 0 aliphatic carbocycles. The van der Waals surface area contributed by atoms with Crippen molar-refractivity contribution in [2.24, 2.45) is 0 Å². The lowest BCUT2D eigenvalue weighted by Crippen LogP contribution is -2.27. The number of furan rings is 1. The molecule has 1 aromatic heterocycles. The predicted molar refractivity (Wildman–Crippen MR) is 117 cm³/mol. The van der Waals surface area contributed by atoms with Crippen LogP contribution in [0.3, 0.4) is 0 Å². The number of nitrogens with one attached hydrogen (secondary N) is 1. The highest BCUT2D eigenvalue weighted by atomic mass is 32.2. The maximum absolute atomic E-state index is 12.6. The molecule has 5 nitrogen and oxygen atoms in total. The van der Waals surface area contributed by atoms with Gasteiger partial charge in [0.05, 0.1) is 24.2 Å². The number of anilines is 1. The molecule has 1 N–H and O–H groups in total. The fourth-order valence-corrected chi connectivity index (χ4v) is 4.95. The summed E-state index contributed by atoms with van der Waals surface area (Å²) in [5.74, 6) is 1.14. The summed E-state index contributed by atoms with van der Waals surface area (Å²) in [6.45, 7) is 0.442. The van der Waals surface area contributed by atoms with Crippen LogP contribution < -0.4 is 5.32 Å². The molecule has 0 bridgehead atoms. The number of hydrogen-bond acceptors (Lipinski definition) is 5. The monoisotopic (exact) mass is 424 g/mol. The van der Waals surface area contributed by atoms with E-state index in [4.69, 9.17) is 4.42 Å². The molecule has 2 aromatic carbocycles. The summed E-state index contributed by atoms with van der Waals surface area (Å²) in [5.41, 5.74) is 2.38. The van der Waals surface area contributed by atoms with E-state index >= 15 is 0 Å². The summed E-state index contributed by atoms with van der Waals surface area (Å²) >= 11 is 3.18. The molecule has 3 aromatic rings. The Morgan fingerprint density at radius 3 is 2.69 bits per heavy atom. The number of amides is 2. The van der Waals surface area contributed by atoms with E-state index < -0.39 is 0 Å². The van der Waals surface area contributed by atoms with Crippen LogP contribution >= 0.6 is 23.5 Å². The summed E-state index contributed by atoms with van der Waals surface area (Å²) < 4.78 is 5.40. The van der Waals surface area contributed by atoms with Crippen LogP contribution in [0, 0.1) is 0 Å². The number of thioether (sulfide) groups is 2. The van der Waals surface area contributed by atoms with Crippen molar-refractivity contribution in [1.82, 2.24) is 4.90 Å². The van der Waals surface area contributed by atoms with Crippen LogP contribution in [0.15, 0.2) is 76.2 Å². The second-order valence-electron chi connectivity index (χ2n) is 6.54. The van der Waals surface area contributed by atoms with Gasteiger partial charge in [-0.25, -0.2) is 0 Å². The second kappa shape index (κ2) is 8.80. The van der Waals surface area contributed by atoms with Gasteiger partial charge in [0.15, 0.2) is 0 Å². The lowest BCUT2D eigenvalue weighted by atomic mass is 10.1. The highest BCUT2D eigenvalue weighted by Gasteiger charge is 2.33. The van der Waals surface area contributed by atoms with Crippen LogP contribution in [-0.2, 0) is 11.3 Å². The van der Waals surface area contributed by atoms with Crippen molar-refractivity contribution in [3.63, 3.8) is 0 Å². The molecule has 1 saturated heterocycles. The summed E-state index contributed by atoms with van der Waals surface area (Å²) in [5, 5.41) is 2.89. The summed E-state index contributed by atoms with van der Waals surface area (Å²) in [6.07, 6.45) is 3.59. The van der Waals surface area contributed by atoms with Crippen molar-refractivity contribution in [2.45, 2.75) is 16.8 Å². The molecule has 0 unspecified atom stereocenters. The van der Waals surface area contributed by atoms with Gasteiger partial charge in [-0.2, -0.15) is 0 Å². The van der Waals surface area contributed by atoms with E-state index in [1.165, 1.54) is 0 Å². The Morgan fingerprint density at radius 2 is 1.97 bits per heavy atom. The van der Waals surface area contributed by atoms with Crippen molar-refractivity contribution >= 4 is 41.0 Å². The van der Waals surface area contributed by atoms with E-state index in [2.05, 4.69) is 5.32 Å². The van der Waals surface area contributed by atoms with Gasteiger partial charge in [0.2, 0.25) is 5.91 Å². The van der Waals surface area contributed by atoms with Crippen molar-refractivity contribution in [2.75, 3.05) is 17.3 Å². The minimum atomic E-state index is -0.152.